The van der Waals surface area contributed by atoms with Gasteiger partial charge in [0.15, 0.2) is 0 Å². The van der Waals surface area contributed by atoms with Crippen LogP contribution in [0.3, 0.4) is 0 Å². The van der Waals surface area contributed by atoms with Gasteiger partial charge in [-0.25, -0.2) is 19.6 Å². The maximum absolute atomic E-state index is 9.83. The van der Waals surface area contributed by atoms with E-state index in [1.807, 2.05) is 0 Å². The third-order valence-corrected chi connectivity index (χ3v) is 1.36. The summed E-state index contributed by atoms with van der Waals surface area (Å²) in [5.41, 5.74) is 0. The molecule has 4 nitrogen and oxygen atoms in total. The van der Waals surface area contributed by atoms with Gasteiger partial charge in [-0.05, 0) is 6.42 Å². The summed E-state index contributed by atoms with van der Waals surface area (Å²) in [4.78, 5) is 0. The summed E-state index contributed by atoms with van der Waals surface area (Å²) < 4.78 is 27.7. The predicted molar refractivity (Wildman–Crippen MR) is 43.7 cm³/mol. The van der Waals surface area contributed by atoms with Crippen LogP contribution in [0.5, 0.6) is 0 Å². The summed E-state index contributed by atoms with van der Waals surface area (Å²) >= 11 is 0. The van der Waals surface area contributed by atoms with E-state index in [4.69, 9.17) is 9.66 Å². The fraction of sp³-hybridized carbons (Fsp3) is 0.500. The van der Waals surface area contributed by atoms with Gasteiger partial charge in [0.1, 0.15) is 0 Å². The van der Waals surface area contributed by atoms with Crippen LogP contribution in [0.1, 0.15) is 6.42 Å². The van der Waals surface area contributed by atoms with Gasteiger partial charge >= 0.3 is 29.6 Å². The van der Waals surface area contributed by atoms with Crippen LogP contribution in [-0.2, 0) is 10.1 Å². The number of aliphatic hydroxyl groups excluding tert-OH is 1. The summed E-state index contributed by atoms with van der Waals surface area (Å²) in [5.74, 6) is -0.358. The Bertz CT molecular complexity index is 176. The maximum Gasteiger partial charge on any atom is 1.00 e. The molecule has 68 valence electrons. The second-order valence-electron chi connectivity index (χ2n) is 1.65. The zero-order valence-corrected chi connectivity index (χ0v) is 10.0. The van der Waals surface area contributed by atoms with E-state index in [1.54, 1.807) is 0 Å². The molecule has 0 aromatic heterocycles. The Hall–Kier alpha value is 0.480. The fourth-order valence-electron chi connectivity index (χ4n) is 0.247. The van der Waals surface area contributed by atoms with Crippen LogP contribution in [0.15, 0.2) is 12.7 Å². The molecular weight excluding hydrogens is 191 g/mol. The molecule has 0 atom stereocenters. The first-order chi connectivity index (χ1) is 4.97. The summed E-state index contributed by atoms with van der Waals surface area (Å²) in [6.45, 7) is 6.29. The summed E-state index contributed by atoms with van der Waals surface area (Å²) in [5, 5.41) is 8.05. The molecule has 0 amide bonds. The molecule has 0 aromatic rings. The zero-order chi connectivity index (χ0) is 9.33. The van der Waals surface area contributed by atoms with E-state index in [0.717, 1.165) is 0 Å². The van der Waals surface area contributed by atoms with E-state index >= 15 is 0 Å². The van der Waals surface area contributed by atoms with Crippen molar-refractivity contribution in [1.82, 2.24) is 0 Å². The van der Waals surface area contributed by atoms with Gasteiger partial charge < -0.3 is 5.11 Å². The van der Waals surface area contributed by atoms with Gasteiger partial charge in [-0.1, -0.05) is 0 Å². The Morgan fingerprint density at radius 3 is 1.92 bits per heavy atom. The molecule has 12 heavy (non-hydrogen) atoms. The van der Waals surface area contributed by atoms with Crippen molar-refractivity contribution in [3.63, 3.8) is 0 Å². The van der Waals surface area contributed by atoms with Gasteiger partial charge in [-0.15, -0.1) is 0 Å². The van der Waals surface area contributed by atoms with Crippen LogP contribution in [0.25, 0.3) is 0 Å². The first-order valence-electron chi connectivity index (χ1n) is 2.94. The second-order valence-corrected chi connectivity index (χ2v) is 3.22. The van der Waals surface area contributed by atoms with Crippen LogP contribution in [-0.4, -0.2) is 30.4 Å². The minimum absolute atomic E-state index is 0. The van der Waals surface area contributed by atoms with Gasteiger partial charge in [0.2, 0.25) is 0 Å². The topological polar surface area (TPSA) is 74.6 Å². The SMILES string of the molecule is C=C[CH2-].O=S(=O)(O)CCCO.[Na+]. The molecule has 0 aliphatic rings. The molecule has 0 saturated heterocycles. The molecule has 0 radical (unpaired) electrons. The van der Waals surface area contributed by atoms with E-state index < -0.39 is 10.1 Å². The van der Waals surface area contributed by atoms with Crippen molar-refractivity contribution in [2.24, 2.45) is 0 Å². The number of hydrogen-bond donors (Lipinski definition) is 2. The van der Waals surface area contributed by atoms with Crippen molar-refractivity contribution in [2.45, 2.75) is 6.42 Å². The van der Waals surface area contributed by atoms with E-state index in [2.05, 4.69) is 13.5 Å². The smallest absolute Gasteiger partial charge is 0.396 e. The summed E-state index contributed by atoms with van der Waals surface area (Å²) in [6, 6.07) is 0. The van der Waals surface area contributed by atoms with Crippen LogP contribution < -0.4 is 29.6 Å². The Morgan fingerprint density at radius 1 is 1.50 bits per heavy atom. The van der Waals surface area contributed by atoms with Gasteiger partial charge in [0.25, 0.3) is 10.1 Å². The molecule has 2 N–H and O–H groups in total. The first kappa shape index (κ1) is 18.3. The average molecular weight is 204 g/mol. The number of allylic oxidation sites excluding steroid dienone is 1. The van der Waals surface area contributed by atoms with E-state index in [1.165, 1.54) is 6.08 Å². The Labute approximate surface area is 95.7 Å². The Kier molecular flexibility index (Phi) is 17.5. The molecular formula is C6H13NaO4S. The molecule has 0 rings (SSSR count). The normalized spacial score (nSPS) is 8.83. The Morgan fingerprint density at radius 2 is 1.83 bits per heavy atom. The van der Waals surface area contributed by atoms with E-state index in [-0.39, 0.29) is 48.3 Å². The monoisotopic (exact) mass is 204 g/mol. The van der Waals surface area contributed by atoms with Gasteiger partial charge in [0.05, 0.1) is 5.75 Å². The standard InChI is InChI=1S/C3H8O4S.C3H5.Na/c4-2-1-3-8(5,6)7;1-3-2;/h4H,1-3H2,(H,5,6,7);3H,1-2H2;/q;-1;+1. The predicted octanol–water partition coefficient (Wildman–Crippen LogP) is -2.73. The molecule has 0 aromatic carbocycles. The number of aliphatic hydroxyl groups is 1. The molecule has 0 heterocycles. The number of hydrogen-bond acceptors (Lipinski definition) is 3. The van der Waals surface area contributed by atoms with Crippen molar-refractivity contribution in [3.8, 4) is 0 Å². The minimum Gasteiger partial charge on any atom is -0.396 e. The van der Waals surface area contributed by atoms with Crippen molar-refractivity contribution in [1.29, 1.82) is 0 Å². The van der Waals surface area contributed by atoms with Gasteiger partial charge in [-0.2, -0.15) is 8.42 Å². The van der Waals surface area contributed by atoms with Gasteiger partial charge in [0, 0.05) is 6.61 Å². The second kappa shape index (κ2) is 11.5. The average Bonchev–Trinajstić information content (AvgIpc) is 1.84. The van der Waals surface area contributed by atoms with Crippen molar-refractivity contribution < 1.29 is 47.6 Å². The number of rotatable bonds is 3. The van der Waals surface area contributed by atoms with Crippen molar-refractivity contribution >= 4 is 10.1 Å². The molecule has 6 heteroatoms. The largest absolute Gasteiger partial charge is 1.00 e. The third-order valence-electron chi connectivity index (χ3n) is 0.560. The van der Waals surface area contributed by atoms with Crippen molar-refractivity contribution in [3.05, 3.63) is 19.6 Å². The van der Waals surface area contributed by atoms with E-state index in [0.29, 0.717) is 0 Å². The van der Waals surface area contributed by atoms with Crippen LogP contribution >= 0.6 is 0 Å². The van der Waals surface area contributed by atoms with Crippen LogP contribution in [0.2, 0.25) is 0 Å². The van der Waals surface area contributed by atoms with Crippen LogP contribution in [0.4, 0.5) is 0 Å². The maximum atomic E-state index is 9.83. The molecule has 0 spiro atoms. The first-order valence-corrected chi connectivity index (χ1v) is 4.55. The third kappa shape index (κ3) is 31.4. The molecule has 0 bridgehead atoms. The fourth-order valence-corrected chi connectivity index (χ4v) is 0.741. The molecule has 0 aliphatic heterocycles. The Balaban J connectivity index is -0.000000177. The molecule has 0 fully saturated rings. The molecule has 0 saturated carbocycles. The zero-order valence-electron chi connectivity index (χ0n) is 7.23. The van der Waals surface area contributed by atoms with Crippen LogP contribution in [0, 0.1) is 6.92 Å². The summed E-state index contributed by atoms with van der Waals surface area (Å²) in [6.07, 6.45) is 1.60. The minimum atomic E-state index is -3.85. The van der Waals surface area contributed by atoms with Gasteiger partial charge in [-0.3, -0.25) is 4.55 Å². The quantitative estimate of drug-likeness (QED) is 0.297. The van der Waals surface area contributed by atoms with Crippen molar-refractivity contribution in [2.75, 3.05) is 12.4 Å². The molecule has 0 unspecified atom stereocenters. The van der Waals surface area contributed by atoms with E-state index in [9.17, 15) is 8.42 Å². The molecule has 0 aliphatic carbocycles. The summed E-state index contributed by atoms with van der Waals surface area (Å²) in [7, 11) is -3.85.